The van der Waals surface area contributed by atoms with Crippen molar-refractivity contribution in [2.45, 2.75) is 77.7 Å². The summed E-state index contributed by atoms with van der Waals surface area (Å²) in [5.74, 6) is 0. The van der Waals surface area contributed by atoms with Crippen LogP contribution in [0.1, 0.15) is 71.6 Å². The van der Waals surface area contributed by atoms with E-state index in [1.165, 1.54) is 57.8 Å². The maximum atomic E-state index is 5.76. The molecule has 0 radical (unpaired) electrons. The number of hydrogen-bond donors (Lipinski definition) is 1. The van der Waals surface area contributed by atoms with Crippen LogP contribution in [-0.2, 0) is 9.47 Å². The molecule has 3 nitrogen and oxygen atoms in total. The van der Waals surface area contributed by atoms with E-state index >= 15 is 0 Å². The highest BCUT2D eigenvalue weighted by atomic mass is 16.5. The molecule has 1 aliphatic heterocycles. The Morgan fingerprint density at radius 2 is 2.05 bits per heavy atom. The molecule has 0 spiro atoms. The van der Waals surface area contributed by atoms with E-state index < -0.39 is 0 Å². The second-order valence-corrected chi connectivity index (χ2v) is 6.65. The lowest BCUT2D eigenvalue weighted by Gasteiger charge is -2.34. The Morgan fingerprint density at radius 3 is 2.67 bits per heavy atom. The summed E-state index contributed by atoms with van der Waals surface area (Å²) < 4.78 is 10.9. The van der Waals surface area contributed by atoms with Crippen molar-refractivity contribution in [1.82, 2.24) is 5.32 Å². The van der Waals surface area contributed by atoms with Gasteiger partial charge in [-0.25, -0.2) is 0 Å². The Kier molecular flexibility index (Phi) is 10.3. The van der Waals surface area contributed by atoms with Gasteiger partial charge in [-0.05, 0) is 43.9 Å². The first kappa shape index (κ1) is 18.9. The number of hydrogen-bond acceptors (Lipinski definition) is 3. The molecule has 126 valence electrons. The third-order valence-electron chi connectivity index (χ3n) is 5.05. The average Bonchev–Trinajstić information content (AvgIpc) is 3.02. The lowest BCUT2D eigenvalue weighted by Crippen LogP contribution is -2.35. The smallest absolute Gasteiger partial charge is 0.0587 e. The van der Waals surface area contributed by atoms with Crippen molar-refractivity contribution in [3.8, 4) is 0 Å². The van der Waals surface area contributed by atoms with Crippen LogP contribution in [0.4, 0.5) is 0 Å². The third kappa shape index (κ3) is 7.62. The summed E-state index contributed by atoms with van der Waals surface area (Å²) in [5.41, 5.74) is 0.475. The van der Waals surface area contributed by atoms with Gasteiger partial charge < -0.3 is 14.8 Å². The maximum absolute atomic E-state index is 5.76. The summed E-state index contributed by atoms with van der Waals surface area (Å²) in [5, 5.41) is 3.61. The molecule has 2 atom stereocenters. The van der Waals surface area contributed by atoms with E-state index in [2.05, 4.69) is 19.2 Å². The molecule has 1 aliphatic rings. The van der Waals surface area contributed by atoms with Gasteiger partial charge in [0.1, 0.15) is 0 Å². The molecule has 0 aromatic heterocycles. The van der Waals surface area contributed by atoms with Gasteiger partial charge in [-0.2, -0.15) is 0 Å². The Morgan fingerprint density at radius 1 is 1.24 bits per heavy atom. The summed E-state index contributed by atoms with van der Waals surface area (Å²) in [4.78, 5) is 0. The lowest BCUT2D eigenvalue weighted by molar-refractivity contribution is 0.0951. The van der Waals surface area contributed by atoms with Crippen LogP contribution in [0.25, 0.3) is 0 Å². The monoisotopic (exact) mass is 299 g/mol. The molecule has 0 bridgehead atoms. The van der Waals surface area contributed by atoms with Crippen molar-refractivity contribution in [2.24, 2.45) is 5.41 Å². The molecule has 0 saturated carbocycles. The third-order valence-corrected chi connectivity index (χ3v) is 5.05. The van der Waals surface area contributed by atoms with Crippen LogP contribution >= 0.6 is 0 Å². The van der Waals surface area contributed by atoms with Crippen molar-refractivity contribution in [1.29, 1.82) is 0 Å². The first-order valence-corrected chi connectivity index (χ1v) is 9.07. The molecule has 2 unspecified atom stereocenters. The number of ether oxygens (including phenoxy) is 2. The minimum Gasteiger partial charge on any atom is -0.383 e. The quantitative estimate of drug-likeness (QED) is 0.518. The topological polar surface area (TPSA) is 30.5 Å². The Bertz CT molecular complexity index is 241. The highest BCUT2D eigenvalue weighted by Crippen LogP contribution is 2.35. The molecule has 1 heterocycles. The van der Waals surface area contributed by atoms with Crippen LogP contribution in [-0.4, -0.2) is 39.5 Å². The number of unbranched alkanes of at least 4 members (excludes halogenated alkanes) is 1. The fourth-order valence-electron chi connectivity index (χ4n) is 3.44. The SMILES string of the molecule is CCCCC(CC)(CCCC1CCCO1)CNCCOC. The molecule has 1 N–H and O–H groups in total. The van der Waals surface area contributed by atoms with Crippen LogP contribution in [0, 0.1) is 5.41 Å². The largest absolute Gasteiger partial charge is 0.383 e. The Hall–Kier alpha value is -0.120. The van der Waals surface area contributed by atoms with Gasteiger partial charge >= 0.3 is 0 Å². The van der Waals surface area contributed by atoms with Crippen molar-refractivity contribution < 1.29 is 9.47 Å². The van der Waals surface area contributed by atoms with E-state index in [9.17, 15) is 0 Å². The van der Waals surface area contributed by atoms with E-state index in [0.717, 1.165) is 26.3 Å². The van der Waals surface area contributed by atoms with Gasteiger partial charge in [-0.3, -0.25) is 0 Å². The van der Waals surface area contributed by atoms with Crippen molar-refractivity contribution in [3.63, 3.8) is 0 Å². The number of rotatable bonds is 13. The van der Waals surface area contributed by atoms with Gasteiger partial charge in [0.25, 0.3) is 0 Å². The molecule has 21 heavy (non-hydrogen) atoms. The van der Waals surface area contributed by atoms with Crippen LogP contribution in [0.2, 0.25) is 0 Å². The van der Waals surface area contributed by atoms with E-state index in [-0.39, 0.29) is 0 Å². The van der Waals surface area contributed by atoms with Crippen molar-refractivity contribution in [3.05, 3.63) is 0 Å². The molecule has 3 heteroatoms. The molecular weight excluding hydrogens is 262 g/mol. The van der Waals surface area contributed by atoms with Crippen LogP contribution in [0.5, 0.6) is 0 Å². The summed E-state index contributed by atoms with van der Waals surface area (Å²) in [7, 11) is 1.77. The summed E-state index contributed by atoms with van der Waals surface area (Å²) in [6.07, 6.45) is 12.3. The molecule has 1 saturated heterocycles. The van der Waals surface area contributed by atoms with Gasteiger partial charge in [0.15, 0.2) is 0 Å². The number of nitrogens with one attached hydrogen (secondary N) is 1. The molecular formula is C18H37NO2. The minimum atomic E-state index is 0.475. The fourth-order valence-corrected chi connectivity index (χ4v) is 3.44. The lowest BCUT2D eigenvalue weighted by atomic mass is 9.75. The number of methoxy groups -OCH3 is 1. The normalized spacial score (nSPS) is 21.6. The first-order chi connectivity index (χ1) is 10.3. The molecule has 0 amide bonds. The van der Waals surface area contributed by atoms with Crippen LogP contribution in [0.3, 0.4) is 0 Å². The van der Waals surface area contributed by atoms with Crippen molar-refractivity contribution >= 4 is 0 Å². The van der Waals surface area contributed by atoms with E-state index in [1.807, 2.05) is 0 Å². The Balaban J connectivity index is 2.35. The molecule has 1 fully saturated rings. The zero-order chi connectivity index (χ0) is 15.4. The molecule has 0 aromatic rings. The van der Waals surface area contributed by atoms with Crippen LogP contribution < -0.4 is 5.32 Å². The van der Waals surface area contributed by atoms with Gasteiger partial charge in [-0.15, -0.1) is 0 Å². The summed E-state index contributed by atoms with van der Waals surface area (Å²) in [6.45, 7) is 8.56. The molecule has 1 rings (SSSR count). The van der Waals surface area contributed by atoms with Gasteiger partial charge in [0.2, 0.25) is 0 Å². The Labute approximate surface area is 132 Å². The van der Waals surface area contributed by atoms with Gasteiger partial charge in [0, 0.05) is 26.8 Å². The highest BCUT2D eigenvalue weighted by molar-refractivity contribution is 4.81. The minimum absolute atomic E-state index is 0.475. The second kappa shape index (κ2) is 11.4. The molecule has 0 aromatic carbocycles. The summed E-state index contributed by atoms with van der Waals surface area (Å²) >= 11 is 0. The fraction of sp³-hybridized carbons (Fsp3) is 1.00. The second-order valence-electron chi connectivity index (χ2n) is 6.65. The predicted molar refractivity (Wildman–Crippen MR) is 89.8 cm³/mol. The maximum Gasteiger partial charge on any atom is 0.0587 e. The molecule has 0 aliphatic carbocycles. The summed E-state index contributed by atoms with van der Waals surface area (Å²) in [6, 6.07) is 0. The highest BCUT2D eigenvalue weighted by Gasteiger charge is 2.27. The first-order valence-electron chi connectivity index (χ1n) is 9.07. The predicted octanol–water partition coefficient (Wildman–Crippen LogP) is 4.16. The van der Waals surface area contributed by atoms with E-state index in [0.29, 0.717) is 11.5 Å². The van der Waals surface area contributed by atoms with Gasteiger partial charge in [0.05, 0.1) is 12.7 Å². The standard InChI is InChI=1S/C18H37NO2/c1-4-6-11-18(5-2,16-19-13-15-20-3)12-7-9-17-10-8-14-21-17/h17,19H,4-16H2,1-3H3. The van der Waals surface area contributed by atoms with E-state index in [1.54, 1.807) is 7.11 Å². The van der Waals surface area contributed by atoms with Crippen LogP contribution in [0.15, 0.2) is 0 Å². The van der Waals surface area contributed by atoms with E-state index in [4.69, 9.17) is 9.47 Å². The van der Waals surface area contributed by atoms with Gasteiger partial charge in [-0.1, -0.05) is 33.1 Å². The van der Waals surface area contributed by atoms with Crippen molar-refractivity contribution in [2.75, 3.05) is 33.4 Å². The average molecular weight is 299 g/mol. The zero-order valence-electron chi connectivity index (χ0n) is 14.6. The zero-order valence-corrected chi connectivity index (χ0v) is 14.6.